The Labute approximate surface area is 112 Å². The summed E-state index contributed by atoms with van der Waals surface area (Å²) in [6, 6.07) is 3.27. The number of nitrogens with zero attached hydrogens (tertiary/aromatic N) is 2. The first-order chi connectivity index (χ1) is 9.13. The molecule has 0 unspecified atom stereocenters. The molecule has 0 saturated carbocycles. The van der Waals surface area contributed by atoms with E-state index < -0.39 is 5.97 Å². The molecule has 1 heterocycles. The Morgan fingerprint density at radius 1 is 1.37 bits per heavy atom. The number of amides is 1. The highest BCUT2D eigenvalue weighted by atomic mass is 16.5. The number of aromatic nitrogens is 1. The summed E-state index contributed by atoms with van der Waals surface area (Å²) >= 11 is 0. The van der Waals surface area contributed by atoms with Crippen LogP contribution in [0.25, 0.3) is 0 Å². The molecule has 6 nitrogen and oxygen atoms in total. The molecule has 0 spiro atoms. The smallest absolute Gasteiger partial charge is 0.325 e. The predicted molar refractivity (Wildman–Crippen MR) is 69.0 cm³/mol. The average molecular weight is 266 g/mol. The van der Waals surface area contributed by atoms with Gasteiger partial charge < -0.3 is 14.4 Å². The van der Waals surface area contributed by atoms with Crippen LogP contribution in [-0.2, 0) is 9.53 Å². The normalized spacial score (nSPS) is 9.84. The highest BCUT2D eigenvalue weighted by Crippen LogP contribution is 2.16. The second-order valence-corrected chi connectivity index (χ2v) is 3.86. The van der Waals surface area contributed by atoms with Crippen molar-refractivity contribution in [3.8, 4) is 5.88 Å². The molecule has 1 amide bonds. The van der Waals surface area contributed by atoms with E-state index in [1.54, 1.807) is 18.3 Å². The maximum Gasteiger partial charge on any atom is 0.325 e. The molecule has 19 heavy (non-hydrogen) atoms. The molecule has 0 aliphatic heterocycles. The van der Waals surface area contributed by atoms with Crippen LogP contribution in [0.3, 0.4) is 0 Å². The summed E-state index contributed by atoms with van der Waals surface area (Å²) in [6.07, 6.45) is 2.28. The summed E-state index contributed by atoms with van der Waals surface area (Å²) in [7, 11) is 2.74. The molecule has 0 aromatic carbocycles. The maximum atomic E-state index is 12.4. The van der Waals surface area contributed by atoms with Crippen molar-refractivity contribution in [1.82, 2.24) is 9.88 Å². The van der Waals surface area contributed by atoms with Crippen LogP contribution >= 0.6 is 0 Å². The van der Waals surface area contributed by atoms with Gasteiger partial charge in [0.05, 0.1) is 14.2 Å². The van der Waals surface area contributed by atoms with Gasteiger partial charge >= 0.3 is 5.97 Å². The monoisotopic (exact) mass is 266 g/mol. The number of hydrogen-bond acceptors (Lipinski definition) is 5. The molecule has 0 radical (unpaired) electrons. The van der Waals surface area contributed by atoms with Crippen LogP contribution in [0, 0.1) is 0 Å². The largest absolute Gasteiger partial charge is 0.480 e. The number of pyridine rings is 1. The molecule has 6 heteroatoms. The molecule has 0 saturated heterocycles. The Kier molecular flexibility index (Phi) is 5.78. The first-order valence-corrected chi connectivity index (χ1v) is 5.99. The minimum absolute atomic E-state index is 0.0821. The summed E-state index contributed by atoms with van der Waals surface area (Å²) < 4.78 is 9.64. The minimum Gasteiger partial charge on any atom is -0.480 e. The maximum absolute atomic E-state index is 12.4. The Bertz CT molecular complexity index is 448. The van der Waals surface area contributed by atoms with E-state index in [1.807, 2.05) is 6.92 Å². The van der Waals surface area contributed by atoms with Gasteiger partial charge in [0.1, 0.15) is 12.1 Å². The van der Waals surface area contributed by atoms with Gasteiger partial charge in [-0.05, 0) is 18.6 Å². The lowest BCUT2D eigenvalue weighted by atomic mass is 10.2. The van der Waals surface area contributed by atoms with Crippen molar-refractivity contribution in [3.05, 3.63) is 23.9 Å². The predicted octanol–water partition coefficient (Wildman–Crippen LogP) is 1.12. The van der Waals surface area contributed by atoms with Crippen molar-refractivity contribution in [3.63, 3.8) is 0 Å². The summed E-state index contributed by atoms with van der Waals surface area (Å²) in [6.45, 7) is 2.31. The number of ether oxygens (including phenoxy) is 2. The lowest BCUT2D eigenvalue weighted by molar-refractivity contribution is -0.141. The molecular formula is C13H18N2O4. The van der Waals surface area contributed by atoms with Gasteiger partial charge in [0, 0.05) is 12.7 Å². The highest BCUT2D eigenvalue weighted by molar-refractivity contribution is 5.97. The molecule has 0 fully saturated rings. The molecule has 1 rings (SSSR count). The number of methoxy groups -OCH3 is 2. The third-order valence-electron chi connectivity index (χ3n) is 2.52. The molecule has 0 N–H and O–H groups in total. The van der Waals surface area contributed by atoms with Crippen LogP contribution in [0.4, 0.5) is 0 Å². The van der Waals surface area contributed by atoms with Crippen molar-refractivity contribution in [2.75, 3.05) is 27.3 Å². The van der Waals surface area contributed by atoms with Crippen LogP contribution in [0.15, 0.2) is 18.3 Å². The van der Waals surface area contributed by atoms with Crippen LogP contribution in [-0.4, -0.2) is 49.1 Å². The van der Waals surface area contributed by atoms with Crippen LogP contribution in [0.1, 0.15) is 23.7 Å². The molecule has 0 bridgehead atoms. The van der Waals surface area contributed by atoms with Crippen LogP contribution in [0.5, 0.6) is 5.88 Å². The van der Waals surface area contributed by atoms with E-state index in [1.165, 1.54) is 19.1 Å². The van der Waals surface area contributed by atoms with E-state index >= 15 is 0 Å². The van der Waals surface area contributed by atoms with Gasteiger partial charge in [-0.25, -0.2) is 4.98 Å². The van der Waals surface area contributed by atoms with E-state index in [0.717, 1.165) is 6.42 Å². The van der Waals surface area contributed by atoms with Gasteiger partial charge in [-0.15, -0.1) is 0 Å². The van der Waals surface area contributed by atoms with Gasteiger partial charge in [-0.2, -0.15) is 0 Å². The SMILES string of the molecule is CCCN(CC(=O)OC)C(=O)c1cccnc1OC. The van der Waals surface area contributed by atoms with E-state index in [4.69, 9.17) is 4.74 Å². The molecular weight excluding hydrogens is 248 g/mol. The van der Waals surface area contributed by atoms with Crippen molar-refractivity contribution in [2.45, 2.75) is 13.3 Å². The molecule has 0 atom stereocenters. The van der Waals surface area contributed by atoms with E-state index in [0.29, 0.717) is 12.1 Å². The third kappa shape index (κ3) is 3.94. The quantitative estimate of drug-likeness (QED) is 0.722. The molecule has 104 valence electrons. The number of rotatable bonds is 6. The van der Waals surface area contributed by atoms with Crippen molar-refractivity contribution >= 4 is 11.9 Å². The summed E-state index contributed by atoms with van der Waals surface area (Å²) in [5.74, 6) is -0.500. The van der Waals surface area contributed by atoms with Crippen LogP contribution < -0.4 is 4.74 Å². The van der Waals surface area contributed by atoms with Gasteiger partial charge in [-0.1, -0.05) is 6.92 Å². The fraction of sp³-hybridized carbons (Fsp3) is 0.462. The zero-order valence-electron chi connectivity index (χ0n) is 11.4. The summed E-state index contributed by atoms with van der Waals surface area (Å²) in [5, 5.41) is 0. The number of hydrogen-bond donors (Lipinski definition) is 0. The molecule has 0 aliphatic rings. The fourth-order valence-electron chi connectivity index (χ4n) is 1.63. The van der Waals surface area contributed by atoms with Gasteiger partial charge in [0.15, 0.2) is 0 Å². The number of carbonyl (C=O) groups excluding carboxylic acids is 2. The van der Waals surface area contributed by atoms with Gasteiger partial charge in [0.25, 0.3) is 5.91 Å². The van der Waals surface area contributed by atoms with Crippen molar-refractivity contribution in [2.24, 2.45) is 0 Å². The first kappa shape index (κ1) is 14.9. The first-order valence-electron chi connectivity index (χ1n) is 5.99. The zero-order chi connectivity index (χ0) is 14.3. The zero-order valence-corrected chi connectivity index (χ0v) is 11.4. The average Bonchev–Trinajstić information content (AvgIpc) is 2.45. The molecule has 1 aromatic heterocycles. The van der Waals surface area contributed by atoms with E-state index in [-0.39, 0.29) is 18.3 Å². The third-order valence-corrected chi connectivity index (χ3v) is 2.52. The second kappa shape index (κ2) is 7.35. The topological polar surface area (TPSA) is 68.7 Å². The Morgan fingerprint density at radius 3 is 2.68 bits per heavy atom. The van der Waals surface area contributed by atoms with Gasteiger partial charge in [0.2, 0.25) is 5.88 Å². The van der Waals surface area contributed by atoms with E-state index in [2.05, 4.69) is 9.72 Å². The molecule has 0 aliphatic carbocycles. The van der Waals surface area contributed by atoms with Crippen molar-refractivity contribution < 1.29 is 19.1 Å². The Hall–Kier alpha value is -2.11. The van der Waals surface area contributed by atoms with Gasteiger partial charge in [-0.3, -0.25) is 9.59 Å². The van der Waals surface area contributed by atoms with Crippen LogP contribution in [0.2, 0.25) is 0 Å². The number of esters is 1. The lowest BCUT2D eigenvalue weighted by Crippen LogP contribution is -2.37. The minimum atomic E-state index is -0.454. The molecule has 1 aromatic rings. The second-order valence-electron chi connectivity index (χ2n) is 3.86. The summed E-state index contributed by atoms with van der Waals surface area (Å²) in [4.78, 5) is 29.1. The standard InChI is InChI=1S/C13H18N2O4/c1-4-8-15(9-11(16)18-2)13(17)10-6-5-7-14-12(10)19-3/h5-7H,4,8-9H2,1-3H3. The Balaban J connectivity index is 2.95. The Morgan fingerprint density at radius 2 is 2.11 bits per heavy atom. The summed E-state index contributed by atoms with van der Waals surface area (Å²) in [5.41, 5.74) is 0.336. The number of carbonyl (C=O) groups is 2. The highest BCUT2D eigenvalue weighted by Gasteiger charge is 2.21. The van der Waals surface area contributed by atoms with Crippen molar-refractivity contribution in [1.29, 1.82) is 0 Å². The lowest BCUT2D eigenvalue weighted by Gasteiger charge is -2.21. The van der Waals surface area contributed by atoms with E-state index in [9.17, 15) is 9.59 Å². The fourth-order valence-corrected chi connectivity index (χ4v) is 1.63.